The van der Waals surface area contributed by atoms with Gasteiger partial charge in [-0.25, -0.2) is 4.98 Å². The van der Waals surface area contributed by atoms with Crippen LogP contribution in [0.5, 0.6) is 0 Å². The summed E-state index contributed by atoms with van der Waals surface area (Å²) in [7, 11) is 0. The van der Waals surface area contributed by atoms with Crippen molar-refractivity contribution in [3.8, 4) is 0 Å². The van der Waals surface area contributed by atoms with E-state index in [1.807, 2.05) is 18.3 Å². The number of thiophene rings is 1. The second-order valence-electron chi connectivity index (χ2n) is 6.16. The van der Waals surface area contributed by atoms with E-state index in [0.717, 1.165) is 37.7 Å². The van der Waals surface area contributed by atoms with Crippen LogP contribution in [0.2, 0.25) is 0 Å². The summed E-state index contributed by atoms with van der Waals surface area (Å²) in [6.45, 7) is 7.34. The lowest BCUT2D eigenvalue weighted by atomic mass is 10.0. The molecule has 0 aromatic carbocycles. The Morgan fingerprint density at radius 2 is 2.33 bits per heavy atom. The number of aryl methyl sites for hydroxylation is 2. The van der Waals surface area contributed by atoms with Gasteiger partial charge in [0.05, 0.1) is 6.10 Å². The standard InChI is InChI=1S/C15H20N4OS/c1-9-3-4-21-14(9)8-19-6-11-5-12(20-13(11)7-19)15-16-10(2)17-18-15/h3-4,11-13H,5-8H2,1-2H3,(H,16,17,18)/t11-,12+,13+/m1/s1. The third-order valence-electron chi connectivity index (χ3n) is 4.55. The number of hydrogen-bond acceptors (Lipinski definition) is 5. The second kappa shape index (κ2) is 5.19. The molecule has 112 valence electrons. The summed E-state index contributed by atoms with van der Waals surface area (Å²) in [6, 6.07) is 2.20. The van der Waals surface area contributed by atoms with Gasteiger partial charge in [0.1, 0.15) is 11.9 Å². The Kier molecular flexibility index (Phi) is 3.32. The van der Waals surface area contributed by atoms with E-state index in [9.17, 15) is 0 Å². The maximum Gasteiger partial charge on any atom is 0.179 e. The molecule has 0 radical (unpaired) electrons. The van der Waals surface area contributed by atoms with Gasteiger partial charge in [-0.2, -0.15) is 5.10 Å². The van der Waals surface area contributed by atoms with Gasteiger partial charge in [-0.3, -0.25) is 10.00 Å². The first-order chi connectivity index (χ1) is 10.2. The molecule has 2 fully saturated rings. The number of hydrogen-bond donors (Lipinski definition) is 1. The summed E-state index contributed by atoms with van der Waals surface area (Å²) < 4.78 is 6.18. The predicted molar refractivity (Wildman–Crippen MR) is 81.2 cm³/mol. The van der Waals surface area contributed by atoms with Crippen molar-refractivity contribution in [1.82, 2.24) is 20.1 Å². The quantitative estimate of drug-likeness (QED) is 0.946. The molecule has 2 aromatic heterocycles. The van der Waals surface area contributed by atoms with Crippen molar-refractivity contribution in [3.63, 3.8) is 0 Å². The van der Waals surface area contributed by atoms with Crippen molar-refractivity contribution in [2.75, 3.05) is 13.1 Å². The first-order valence-corrected chi connectivity index (χ1v) is 8.36. The van der Waals surface area contributed by atoms with Crippen LogP contribution < -0.4 is 0 Å². The molecule has 1 N–H and O–H groups in total. The summed E-state index contributed by atoms with van der Waals surface area (Å²) in [5, 5.41) is 9.33. The maximum atomic E-state index is 6.18. The van der Waals surface area contributed by atoms with Crippen LogP contribution in [-0.4, -0.2) is 39.3 Å². The minimum Gasteiger partial charge on any atom is -0.365 e. The van der Waals surface area contributed by atoms with Crippen LogP contribution >= 0.6 is 11.3 Å². The number of nitrogens with one attached hydrogen (secondary N) is 1. The largest absolute Gasteiger partial charge is 0.365 e. The number of nitrogens with zero attached hydrogens (tertiary/aromatic N) is 3. The molecule has 4 heterocycles. The molecule has 3 atom stereocenters. The lowest BCUT2D eigenvalue weighted by Crippen LogP contribution is -2.23. The van der Waals surface area contributed by atoms with E-state index in [0.29, 0.717) is 12.0 Å². The van der Waals surface area contributed by atoms with E-state index >= 15 is 0 Å². The minimum atomic E-state index is 0.0792. The van der Waals surface area contributed by atoms with Crippen LogP contribution in [0.15, 0.2) is 11.4 Å². The highest BCUT2D eigenvalue weighted by Crippen LogP contribution is 2.40. The Hall–Kier alpha value is -1.24. The molecule has 0 spiro atoms. The van der Waals surface area contributed by atoms with Gasteiger partial charge in [-0.15, -0.1) is 11.3 Å². The zero-order valence-electron chi connectivity index (χ0n) is 12.4. The molecule has 0 aliphatic carbocycles. The molecule has 21 heavy (non-hydrogen) atoms. The molecule has 4 rings (SSSR count). The van der Waals surface area contributed by atoms with Crippen LogP contribution in [0.4, 0.5) is 0 Å². The molecule has 5 nitrogen and oxygen atoms in total. The fourth-order valence-electron chi connectivity index (χ4n) is 3.42. The van der Waals surface area contributed by atoms with Crippen LogP contribution in [0, 0.1) is 19.8 Å². The van der Waals surface area contributed by atoms with Crippen molar-refractivity contribution in [3.05, 3.63) is 33.5 Å². The van der Waals surface area contributed by atoms with Crippen LogP contribution in [0.3, 0.4) is 0 Å². The van der Waals surface area contributed by atoms with Gasteiger partial charge >= 0.3 is 0 Å². The van der Waals surface area contributed by atoms with E-state index in [4.69, 9.17) is 4.74 Å². The Balaban J connectivity index is 1.38. The van der Waals surface area contributed by atoms with Gasteiger partial charge in [-0.1, -0.05) is 0 Å². The number of ether oxygens (including phenoxy) is 1. The molecule has 0 bridgehead atoms. The Morgan fingerprint density at radius 3 is 3.00 bits per heavy atom. The van der Waals surface area contributed by atoms with E-state index in [-0.39, 0.29) is 6.10 Å². The molecule has 0 saturated carbocycles. The third kappa shape index (κ3) is 2.52. The van der Waals surface area contributed by atoms with Crippen molar-refractivity contribution in [2.45, 2.75) is 39.0 Å². The number of H-pyrrole nitrogens is 1. The second-order valence-corrected chi connectivity index (χ2v) is 7.16. The molecule has 0 amide bonds. The predicted octanol–water partition coefficient (Wildman–Crippen LogP) is 2.45. The van der Waals surface area contributed by atoms with Gasteiger partial charge in [-0.05, 0) is 37.3 Å². The van der Waals surface area contributed by atoms with Crippen molar-refractivity contribution >= 4 is 11.3 Å². The van der Waals surface area contributed by atoms with Gasteiger partial charge in [0.25, 0.3) is 0 Å². The zero-order chi connectivity index (χ0) is 14.4. The third-order valence-corrected chi connectivity index (χ3v) is 5.56. The summed E-state index contributed by atoms with van der Waals surface area (Å²) in [5.74, 6) is 2.30. The molecule has 2 aliphatic heterocycles. The van der Waals surface area contributed by atoms with Gasteiger partial charge in [0.2, 0.25) is 0 Å². The molecule has 2 saturated heterocycles. The van der Waals surface area contributed by atoms with Crippen molar-refractivity contribution in [1.29, 1.82) is 0 Å². The topological polar surface area (TPSA) is 54.0 Å². The summed E-state index contributed by atoms with van der Waals surface area (Å²) >= 11 is 1.86. The van der Waals surface area contributed by atoms with Crippen molar-refractivity contribution in [2.24, 2.45) is 5.92 Å². The van der Waals surface area contributed by atoms with Crippen LogP contribution in [0.25, 0.3) is 0 Å². The average Bonchev–Trinajstić information content (AvgIpc) is 3.15. The number of fused-ring (bicyclic) bond motifs is 1. The van der Waals surface area contributed by atoms with E-state index in [1.54, 1.807) is 0 Å². The fraction of sp³-hybridized carbons (Fsp3) is 0.600. The lowest BCUT2D eigenvalue weighted by molar-refractivity contribution is 0.0327. The highest BCUT2D eigenvalue weighted by molar-refractivity contribution is 7.10. The first kappa shape index (κ1) is 13.4. The first-order valence-electron chi connectivity index (χ1n) is 7.48. The SMILES string of the molecule is Cc1nc([C@@H]2C[C@@H]3CN(Cc4sccc4C)C[C@@H]3O2)n[nH]1. The smallest absolute Gasteiger partial charge is 0.179 e. The summed E-state index contributed by atoms with van der Waals surface area (Å²) in [4.78, 5) is 8.41. The van der Waals surface area contributed by atoms with Gasteiger partial charge in [0.15, 0.2) is 5.82 Å². The highest BCUT2D eigenvalue weighted by atomic mass is 32.1. The van der Waals surface area contributed by atoms with Crippen molar-refractivity contribution < 1.29 is 4.74 Å². The van der Waals surface area contributed by atoms with E-state index in [1.165, 1.54) is 10.4 Å². The number of rotatable bonds is 3. The number of likely N-dealkylation sites (tertiary alicyclic amines) is 1. The molecular formula is C15H20N4OS. The molecule has 6 heteroatoms. The Labute approximate surface area is 128 Å². The zero-order valence-corrected chi connectivity index (χ0v) is 13.2. The van der Waals surface area contributed by atoms with E-state index < -0.39 is 0 Å². The van der Waals surface area contributed by atoms with Gasteiger partial charge in [0, 0.05) is 30.4 Å². The lowest BCUT2D eigenvalue weighted by Gasteiger charge is -2.17. The molecule has 0 unspecified atom stereocenters. The minimum absolute atomic E-state index is 0.0792. The Bertz CT molecular complexity index is 623. The highest BCUT2D eigenvalue weighted by Gasteiger charge is 2.43. The monoisotopic (exact) mass is 304 g/mol. The van der Waals surface area contributed by atoms with Gasteiger partial charge < -0.3 is 4.74 Å². The van der Waals surface area contributed by atoms with Crippen LogP contribution in [0.1, 0.15) is 34.6 Å². The summed E-state index contributed by atoms with van der Waals surface area (Å²) in [5.41, 5.74) is 1.41. The number of aromatic amines is 1. The van der Waals surface area contributed by atoms with E-state index in [2.05, 4.69) is 38.5 Å². The Morgan fingerprint density at radius 1 is 1.43 bits per heavy atom. The van der Waals surface area contributed by atoms with Crippen LogP contribution in [-0.2, 0) is 11.3 Å². The summed E-state index contributed by atoms with van der Waals surface area (Å²) in [6.07, 6.45) is 1.46. The average molecular weight is 304 g/mol. The molecule has 2 aromatic rings. The normalized spacial score (nSPS) is 29.1. The molecular weight excluding hydrogens is 284 g/mol. The fourth-order valence-corrected chi connectivity index (χ4v) is 4.37. The molecule has 2 aliphatic rings. The maximum absolute atomic E-state index is 6.18. The number of aromatic nitrogens is 3.